The summed E-state index contributed by atoms with van der Waals surface area (Å²) in [6, 6.07) is 4.84. The van der Waals surface area contributed by atoms with Crippen LogP contribution in [-0.4, -0.2) is 23.8 Å². The van der Waals surface area contributed by atoms with Crippen LogP contribution in [-0.2, 0) is 0 Å². The molecule has 4 nitrogen and oxygen atoms in total. The maximum atomic E-state index is 8.75. The summed E-state index contributed by atoms with van der Waals surface area (Å²) in [6.45, 7) is -0.111. The largest absolute Gasteiger partial charge is 0.481 e. The van der Waals surface area contributed by atoms with Gasteiger partial charge in [0, 0.05) is 6.07 Å². The molecule has 82 valence electrons. The Morgan fingerprint density at radius 1 is 1.50 bits per heavy atom. The van der Waals surface area contributed by atoms with E-state index in [0.717, 1.165) is 0 Å². The van der Waals surface area contributed by atoms with E-state index in [9.17, 15) is 0 Å². The second-order valence-corrected chi connectivity index (χ2v) is 2.39. The van der Waals surface area contributed by atoms with Gasteiger partial charge in [-0.25, -0.2) is 4.98 Å². The number of nitrogens with zero attached hydrogens (tertiary/aromatic N) is 1. The lowest BCUT2D eigenvalue weighted by atomic mass is 10.2. The molecule has 1 aromatic heterocycles. The number of halogens is 2. The van der Waals surface area contributed by atoms with Crippen molar-refractivity contribution in [1.29, 1.82) is 0 Å². The molecular formula is C8H14Cl2N2O2. The third-order valence-electron chi connectivity index (χ3n) is 1.53. The van der Waals surface area contributed by atoms with Gasteiger partial charge in [-0.2, -0.15) is 0 Å². The fraction of sp³-hybridized carbons (Fsp3) is 0.375. The fourth-order valence-electron chi connectivity index (χ4n) is 0.845. The second-order valence-electron chi connectivity index (χ2n) is 2.39. The van der Waals surface area contributed by atoms with Crippen LogP contribution in [0.2, 0.25) is 0 Å². The molecule has 3 N–H and O–H groups in total. The van der Waals surface area contributed by atoms with Crippen molar-refractivity contribution in [2.45, 2.75) is 6.04 Å². The highest BCUT2D eigenvalue weighted by molar-refractivity contribution is 5.85. The van der Waals surface area contributed by atoms with E-state index < -0.39 is 6.04 Å². The molecule has 0 spiro atoms. The Morgan fingerprint density at radius 3 is 2.64 bits per heavy atom. The number of methoxy groups -OCH3 is 1. The molecule has 0 saturated heterocycles. The van der Waals surface area contributed by atoms with Gasteiger partial charge in [0.1, 0.15) is 0 Å². The number of ether oxygens (including phenoxy) is 1. The Hall–Kier alpha value is -0.550. The van der Waals surface area contributed by atoms with Gasteiger partial charge in [-0.3, -0.25) is 0 Å². The molecule has 0 aliphatic rings. The SMILES string of the molecule is COc1cccc([C@H](N)CO)n1.Cl.Cl. The summed E-state index contributed by atoms with van der Waals surface area (Å²) in [5.74, 6) is 0.511. The first kappa shape index (κ1) is 15.9. The van der Waals surface area contributed by atoms with E-state index in [1.807, 2.05) is 0 Å². The summed E-state index contributed by atoms with van der Waals surface area (Å²) in [5, 5.41) is 8.75. The van der Waals surface area contributed by atoms with Crippen LogP contribution in [0.4, 0.5) is 0 Å². The van der Waals surface area contributed by atoms with E-state index in [1.54, 1.807) is 18.2 Å². The summed E-state index contributed by atoms with van der Waals surface area (Å²) in [7, 11) is 1.54. The minimum absolute atomic E-state index is 0. The predicted octanol–water partition coefficient (Wildman–Crippen LogP) is 0.926. The van der Waals surface area contributed by atoms with Gasteiger partial charge in [0.15, 0.2) is 0 Å². The molecule has 0 aliphatic carbocycles. The van der Waals surface area contributed by atoms with Crippen LogP contribution in [0.3, 0.4) is 0 Å². The molecule has 0 radical (unpaired) electrons. The van der Waals surface area contributed by atoms with Gasteiger partial charge in [0.2, 0.25) is 5.88 Å². The molecule has 0 aromatic carbocycles. The molecule has 0 fully saturated rings. The minimum Gasteiger partial charge on any atom is -0.481 e. The van der Waals surface area contributed by atoms with Crippen molar-refractivity contribution < 1.29 is 9.84 Å². The van der Waals surface area contributed by atoms with Crippen LogP contribution in [0.25, 0.3) is 0 Å². The summed E-state index contributed by atoms with van der Waals surface area (Å²) < 4.78 is 4.90. The Labute approximate surface area is 95.3 Å². The lowest BCUT2D eigenvalue weighted by Gasteiger charge is -2.07. The van der Waals surface area contributed by atoms with E-state index >= 15 is 0 Å². The number of nitrogens with two attached hydrogens (primary N) is 1. The van der Waals surface area contributed by atoms with Gasteiger partial charge in [0.05, 0.1) is 25.5 Å². The molecule has 1 atom stereocenters. The van der Waals surface area contributed by atoms with Crippen LogP contribution in [0, 0.1) is 0 Å². The molecule has 0 amide bonds. The van der Waals surface area contributed by atoms with E-state index in [4.69, 9.17) is 15.6 Å². The maximum absolute atomic E-state index is 8.75. The molecule has 14 heavy (non-hydrogen) atoms. The molecule has 1 heterocycles. The third-order valence-corrected chi connectivity index (χ3v) is 1.53. The van der Waals surface area contributed by atoms with Gasteiger partial charge < -0.3 is 15.6 Å². The standard InChI is InChI=1S/C8H12N2O2.2ClH/c1-12-8-4-2-3-7(10-8)6(9)5-11;;/h2-4,6,11H,5,9H2,1H3;2*1H/t6-;;/m1../s1. The lowest BCUT2D eigenvalue weighted by molar-refractivity contribution is 0.265. The molecule has 1 rings (SSSR count). The van der Waals surface area contributed by atoms with Crippen molar-refractivity contribution in [2.24, 2.45) is 5.73 Å². The van der Waals surface area contributed by atoms with Crippen LogP contribution >= 0.6 is 24.8 Å². The molecule has 0 saturated carbocycles. The second kappa shape index (κ2) is 7.82. The molecular weight excluding hydrogens is 227 g/mol. The van der Waals surface area contributed by atoms with Crippen molar-refractivity contribution in [1.82, 2.24) is 4.98 Å². The van der Waals surface area contributed by atoms with Crippen molar-refractivity contribution in [3.8, 4) is 5.88 Å². The van der Waals surface area contributed by atoms with Crippen molar-refractivity contribution >= 4 is 24.8 Å². The predicted molar refractivity (Wildman–Crippen MR) is 59.3 cm³/mol. The molecule has 1 aromatic rings. The number of aliphatic hydroxyl groups is 1. The fourth-order valence-corrected chi connectivity index (χ4v) is 0.845. The average molecular weight is 241 g/mol. The zero-order valence-electron chi connectivity index (χ0n) is 7.71. The lowest BCUT2D eigenvalue weighted by Crippen LogP contribution is -2.16. The van der Waals surface area contributed by atoms with E-state index in [2.05, 4.69) is 4.98 Å². The monoisotopic (exact) mass is 240 g/mol. The van der Waals surface area contributed by atoms with Gasteiger partial charge >= 0.3 is 0 Å². The van der Waals surface area contributed by atoms with Crippen molar-refractivity contribution in [3.05, 3.63) is 23.9 Å². The van der Waals surface area contributed by atoms with Gasteiger partial charge in [-0.05, 0) is 6.07 Å². The normalized spacial score (nSPS) is 10.8. The Morgan fingerprint density at radius 2 is 2.14 bits per heavy atom. The third kappa shape index (κ3) is 4.11. The van der Waals surface area contributed by atoms with E-state index in [0.29, 0.717) is 11.6 Å². The molecule has 0 aliphatic heterocycles. The average Bonchev–Trinajstić information content (AvgIpc) is 2.17. The zero-order chi connectivity index (χ0) is 8.97. The van der Waals surface area contributed by atoms with Crippen molar-refractivity contribution in [3.63, 3.8) is 0 Å². The zero-order valence-corrected chi connectivity index (χ0v) is 9.35. The molecule has 0 bridgehead atoms. The smallest absolute Gasteiger partial charge is 0.213 e. The van der Waals surface area contributed by atoms with Crippen LogP contribution in [0.1, 0.15) is 11.7 Å². The highest BCUT2D eigenvalue weighted by atomic mass is 35.5. The van der Waals surface area contributed by atoms with E-state index in [-0.39, 0.29) is 31.4 Å². The van der Waals surface area contributed by atoms with Gasteiger partial charge in [0.25, 0.3) is 0 Å². The van der Waals surface area contributed by atoms with Crippen molar-refractivity contribution in [2.75, 3.05) is 13.7 Å². The first-order valence-corrected chi connectivity index (χ1v) is 3.65. The van der Waals surface area contributed by atoms with Crippen LogP contribution in [0.5, 0.6) is 5.88 Å². The summed E-state index contributed by atoms with van der Waals surface area (Å²) >= 11 is 0. The van der Waals surface area contributed by atoms with Crippen LogP contribution < -0.4 is 10.5 Å². The summed E-state index contributed by atoms with van der Waals surface area (Å²) in [4.78, 5) is 4.05. The summed E-state index contributed by atoms with van der Waals surface area (Å²) in [6.07, 6.45) is 0. The van der Waals surface area contributed by atoms with E-state index in [1.165, 1.54) is 7.11 Å². The van der Waals surface area contributed by atoms with Gasteiger partial charge in [-0.1, -0.05) is 6.07 Å². The topological polar surface area (TPSA) is 68.4 Å². The molecule has 0 unspecified atom stereocenters. The first-order valence-electron chi connectivity index (χ1n) is 3.65. The van der Waals surface area contributed by atoms with Gasteiger partial charge in [-0.15, -0.1) is 24.8 Å². The number of pyridine rings is 1. The Bertz CT molecular complexity index is 261. The Kier molecular flexibility index (Phi) is 8.88. The first-order chi connectivity index (χ1) is 5.77. The maximum Gasteiger partial charge on any atom is 0.213 e. The Balaban J connectivity index is 0. The van der Waals surface area contributed by atoms with Crippen LogP contribution in [0.15, 0.2) is 18.2 Å². The number of rotatable bonds is 3. The number of aromatic nitrogens is 1. The number of aliphatic hydroxyl groups excluding tert-OH is 1. The quantitative estimate of drug-likeness (QED) is 0.825. The highest BCUT2D eigenvalue weighted by Gasteiger charge is 2.05. The summed E-state index contributed by atoms with van der Waals surface area (Å²) in [5.41, 5.74) is 6.19. The molecule has 6 heteroatoms. The minimum atomic E-state index is -0.430. The highest BCUT2D eigenvalue weighted by Crippen LogP contribution is 2.11. The number of hydrogen-bond donors (Lipinski definition) is 2. The number of hydrogen-bond acceptors (Lipinski definition) is 4.